The van der Waals surface area contributed by atoms with Crippen LogP contribution in [-0.4, -0.2) is 9.38 Å². The number of nitrogens with zero attached hydrogens (tertiary/aromatic N) is 2. The summed E-state index contributed by atoms with van der Waals surface area (Å²) in [6, 6.07) is 8.68. The molecule has 0 radical (unpaired) electrons. The zero-order chi connectivity index (χ0) is 12.7. The van der Waals surface area contributed by atoms with E-state index in [0.717, 1.165) is 17.1 Å². The molecule has 3 aromatic rings. The van der Waals surface area contributed by atoms with Gasteiger partial charge in [-0.15, -0.1) is 23.7 Å². The van der Waals surface area contributed by atoms with Gasteiger partial charge < -0.3 is 0 Å². The molecule has 0 aliphatic heterocycles. The molecule has 0 spiro atoms. The third-order valence-corrected chi connectivity index (χ3v) is 4.52. The van der Waals surface area contributed by atoms with Gasteiger partial charge in [0.1, 0.15) is 0 Å². The number of rotatable bonds is 2. The summed E-state index contributed by atoms with van der Waals surface area (Å²) < 4.78 is 2.18. The van der Waals surface area contributed by atoms with Gasteiger partial charge in [0.2, 0.25) is 0 Å². The number of halogens is 1. The zero-order valence-corrected chi connectivity index (χ0v) is 12.9. The van der Waals surface area contributed by atoms with Crippen LogP contribution < -0.4 is 0 Å². The fourth-order valence-electron chi connectivity index (χ4n) is 2.11. The highest BCUT2D eigenvalue weighted by atomic mass is 35.5. The van der Waals surface area contributed by atoms with Gasteiger partial charge in [-0.2, -0.15) is 0 Å². The van der Waals surface area contributed by atoms with Crippen molar-refractivity contribution in [3.05, 3.63) is 46.6 Å². The highest BCUT2D eigenvalue weighted by molar-refractivity contribution is 7.17. The minimum Gasteiger partial charge on any atom is -0.294 e. The predicted octanol–water partition coefficient (Wildman–Crippen LogP) is 4.66. The van der Waals surface area contributed by atoms with Crippen molar-refractivity contribution in [2.45, 2.75) is 27.2 Å². The molecule has 0 saturated heterocycles. The maximum atomic E-state index is 4.70. The fraction of sp³-hybridized carbons (Fsp3) is 0.267. The molecule has 0 atom stereocenters. The van der Waals surface area contributed by atoms with Crippen LogP contribution in [-0.2, 0) is 6.42 Å². The number of thiazole rings is 1. The second-order valence-electron chi connectivity index (χ2n) is 4.57. The van der Waals surface area contributed by atoms with Gasteiger partial charge in [0.15, 0.2) is 4.96 Å². The molecule has 3 rings (SSSR count). The predicted molar refractivity (Wildman–Crippen MR) is 84.6 cm³/mol. The minimum atomic E-state index is 0. The summed E-state index contributed by atoms with van der Waals surface area (Å²) >= 11 is 1.75. The maximum absolute atomic E-state index is 4.70. The first-order valence-corrected chi connectivity index (χ1v) is 7.05. The van der Waals surface area contributed by atoms with Crippen molar-refractivity contribution in [2.24, 2.45) is 0 Å². The van der Waals surface area contributed by atoms with E-state index in [9.17, 15) is 0 Å². The van der Waals surface area contributed by atoms with Crippen molar-refractivity contribution >= 4 is 28.7 Å². The topological polar surface area (TPSA) is 17.3 Å². The number of aromatic nitrogens is 2. The van der Waals surface area contributed by atoms with Gasteiger partial charge in [-0.1, -0.05) is 31.2 Å². The Morgan fingerprint density at radius 1 is 1.16 bits per heavy atom. The second-order valence-corrected chi connectivity index (χ2v) is 5.75. The van der Waals surface area contributed by atoms with Gasteiger partial charge in [-0.05, 0) is 25.8 Å². The molecule has 0 unspecified atom stereocenters. The molecule has 0 fully saturated rings. The van der Waals surface area contributed by atoms with Crippen molar-refractivity contribution in [3.8, 4) is 11.3 Å². The lowest BCUT2D eigenvalue weighted by Crippen LogP contribution is -1.83. The molecule has 0 aliphatic carbocycles. The molecule has 0 saturated carbocycles. The summed E-state index contributed by atoms with van der Waals surface area (Å²) in [4.78, 5) is 7.12. The van der Waals surface area contributed by atoms with Crippen molar-refractivity contribution in [3.63, 3.8) is 0 Å². The highest BCUT2D eigenvalue weighted by Crippen LogP contribution is 2.26. The number of hydrogen-bond acceptors (Lipinski definition) is 2. The lowest BCUT2D eigenvalue weighted by molar-refractivity contribution is 1.11. The summed E-state index contributed by atoms with van der Waals surface area (Å²) in [5.41, 5.74) is 4.91. The average molecular weight is 293 g/mol. The maximum Gasteiger partial charge on any atom is 0.194 e. The van der Waals surface area contributed by atoms with E-state index >= 15 is 0 Å². The van der Waals surface area contributed by atoms with E-state index < -0.39 is 0 Å². The summed E-state index contributed by atoms with van der Waals surface area (Å²) in [6.45, 7) is 6.46. The molecular weight excluding hydrogens is 276 g/mol. The van der Waals surface area contributed by atoms with Gasteiger partial charge in [0, 0.05) is 22.3 Å². The summed E-state index contributed by atoms with van der Waals surface area (Å²) in [5, 5.41) is 0. The molecule has 2 nitrogen and oxygen atoms in total. The van der Waals surface area contributed by atoms with Crippen LogP contribution in [0.5, 0.6) is 0 Å². The smallest absolute Gasteiger partial charge is 0.194 e. The summed E-state index contributed by atoms with van der Waals surface area (Å²) in [7, 11) is 0. The van der Waals surface area contributed by atoms with Crippen LogP contribution in [0, 0.1) is 13.8 Å². The summed E-state index contributed by atoms with van der Waals surface area (Å²) in [6.07, 6.45) is 3.21. The van der Waals surface area contributed by atoms with Crippen LogP contribution >= 0.6 is 23.7 Å². The second kappa shape index (κ2) is 5.35. The van der Waals surface area contributed by atoms with E-state index in [1.807, 2.05) is 0 Å². The molecule has 0 bridgehead atoms. The van der Waals surface area contributed by atoms with E-state index in [1.165, 1.54) is 21.7 Å². The fourth-order valence-corrected chi connectivity index (χ4v) is 3.06. The van der Waals surface area contributed by atoms with Crippen LogP contribution in [0.2, 0.25) is 0 Å². The van der Waals surface area contributed by atoms with Gasteiger partial charge in [0.05, 0.1) is 5.69 Å². The zero-order valence-electron chi connectivity index (χ0n) is 11.3. The normalized spacial score (nSPS) is 10.7. The van der Waals surface area contributed by atoms with E-state index in [1.54, 1.807) is 11.3 Å². The molecule has 0 N–H and O–H groups in total. The van der Waals surface area contributed by atoms with E-state index in [0.29, 0.717) is 0 Å². The molecular formula is C15H17ClN2S. The van der Waals surface area contributed by atoms with Crippen LogP contribution in [0.25, 0.3) is 16.2 Å². The minimum absolute atomic E-state index is 0. The Morgan fingerprint density at radius 3 is 2.42 bits per heavy atom. The van der Waals surface area contributed by atoms with Crippen LogP contribution in [0.1, 0.15) is 23.1 Å². The monoisotopic (exact) mass is 292 g/mol. The summed E-state index contributed by atoms with van der Waals surface area (Å²) in [5.74, 6) is 0. The van der Waals surface area contributed by atoms with E-state index in [2.05, 4.69) is 55.6 Å². The Hall–Kier alpha value is -1.32. The van der Waals surface area contributed by atoms with E-state index in [4.69, 9.17) is 4.98 Å². The average Bonchev–Trinajstić information content (AvgIpc) is 2.91. The molecule has 2 aromatic heterocycles. The highest BCUT2D eigenvalue weighted by Gasteiger charge is 2.09. The number of aryl methyl sites for hydroxylation is 3. The van der Waals surface area contributed by atoms with Crippen molar-refractivity contribution in [1.29, 1.82) is 0 Å². The third-order valence-electron chi connectivity index (χ3n) is 3.45. The molecule has 4 heteroatoms. The van der Waals surface area contributed by atoms with Gasteiger partial charge in [-0.25, -0.2) is 4.98 Å². The van der Waals surface area contributed by atoms with Crippen molar-refractivity contribution in [2.75, 3.05) is 0 Å². The van der Waals surface area contributed by atoms with Crippen LogP contribution in [0.3, 0.4) is 0 Å². The Kier molecular flexibility index (Phi) is 3.97. The number of benzene rings is 1. The molecule has 19 heavy (non-hydrogen) atoms. The van der Waals surface area contributed by atoms with Crippen molar-refractivity contribution in [1.82, 2.24) is 9.38 Å². The standard InChI is InChI=1S/C15H16N2S.ClH/c1-4-12-5-7-13(8-6-12)14-9-17-10(2)11(3)18-15(17)16-14;/h5-9H,4H2,1-3H3;1H. The van der Waals surface area contributed by atoms with Crippen molar-refractivity contribution < 1.29 is 0 Å². The van der Waals surface area contributed by atoms with Crippen LogP contribution in [0.4, 0.5) is 0 Å². The Morgan fingerprint density at radius 2 is 1.84 bits per heavy atom. The Labute approximate surface area is 123 Å². The Balaban J connectivity index is 0.00000133. The number of fused-ring (bicyclic) bond motifs is 1. The quantitative estimate of drug-likeness (QED) is 0.671. The number of imidazole rings is 1. The van der Waals surface area contributed by atoms with Crippen LogP contribution in [0.15, 0.2) is 30.5 Å². The molecule has 1 aromatic carbocycles. The van der Waals surface area contributed by atoms with E-state index in [-0.39, 0.29) is 12.4 Å². The lowest BCUT2D eigenvalue weighted by Gasteiger charge is -1.99. The van der Waals surface area contributed by atoms with Gasteiger partial charge in [-0.3, -0.25) is 4.40 Å². The molecule has 2 heterocycles. The first-order chi connectivity index (χ1) is 8.69. The molecule has 0 aliphatic rings. The third kappa shape index (κ3) is 2.40. The molecule has 0 amide bonds. The van der Waals surface area contributed by atoms with Gasteiger partial charge in [0.25, 0.3) is 0 Å². The SMILES string of the molecule is CCc1ccc(-c2cn3c(C)c(C)sc3n2)cc1.Cl. The largest absolute Gasteiger partial charge is 0.294 e. The number of hydrogen-bond donors (Lipinski definition) is 0. The lowest BCUT2D eigenvalue weighted by atomic mass is 10.1. The Bertz CT molecular complexity index is 695. The molecule has 100 valence electrons. The van der Waals surface area contributed by atoms with Gasteiger partial charge >= 0.3 is 0 Å². The first-order valence-electron chi connectivity index (χ1n) is 6.23. The first kappa shape index (κ1) is 14.1.